The molecular weight excluding hydrogens is 238 g/mol. The van der Waals surface area contributed by atoms with E-state index in [0.29, 0.717) is 0 Å². The summed E-state index contributed by atoms with van der Waals surface area (Å²) in [6.45, 7) is -0.735. The third kappa shape index (κ3) is 3.42. The Balaban J connectivity index is 3.01. The molecule has 94 valence electrons. The van der Waals surface area contributed by atoms with Gasteiger partial charge in [-0.2, -0.15) is 0 Å². The van der Waals surface area contributed by atoms with Gasteiger partial charge >= 0.3 is 5.97 Å². The number of phenolic OH excluding ortho intramolecular Hbond substituents is 2. The normalized spacial score (nSPS) is 9.50. The van der Waals surface area contributed by atoms with Crippen LogP contribution in [0.2, 0.25) is 0 Å². The number of phenols is 2. The molecule has 6 nitrogen and oxygen atoms in total. The van der Waals surface area contributed by atoms with Crippen molar-refractivity contribution in [3.05, 3.63) is 23.8 Å². The molecule has 6 heteroatoms. The number of rotatable bonds is 4. The molecule has 0 bridgehead atoms. The van der Waals surface area contributed by atoms with Gasteiger partial charge in [-0.25, -0.2) is 0 Å². The predicted molar refractivity (Wildman–Crippen MR) is 62.1 cm³/mol. The molecule has 1 aromatic carbocycles. The molecule has 0 fully saturated rings. The van der Waals surface area contributed by atoms with Crippen LogP contribution in [0.4, 0.5) is 0 Å². The zero-order chi connectivity index (χ0) is 13.7. The molecule has 0 atom stereocenters. The number of nitrogens with zero attached hydrogens (tertiary/aromatic N) is 1. The number of terminal acetylenes is 1. The number of carboxylic acid groups (broad SMARTS) is 1. The Morgan fingerprint density at radius 2 is 1.78 bits per heavy atom. The van der Waals surface area contributed by atoms with Crippen molar-refractivity contribution in [2.24, 2.45) is 0 Å². The maximum Gasteiger partial charge on any atom is 0.323 e. The highest BCUT2D eigenvalue weighted by molar-refractivity contribution is 5.96. The van der Waals surface area contributed by atoms with Gasteiger partial charge in [0.05, 0.1) is 6.54 Å². The van der Waals surface area contributed by atoms with E-state index in [1.54, 1.807) is 0 Å². The lowest BCUT2D eigenvalue weighted by Gasteiger charge is -2.18. The first-order valence-electron chi connectivity index (χ1n) is 4.91. The maximum atomic E-state index is 11.9. The standard InChI is InChI=1S/C12H11NO5/c1-2-3-13(7-11(16)17)12(18)8-4-9(14)6-10(15)5-8/h1,4-6,14-15H,3,7H2,(H,16,17). The SMILES string of the molecule is C#CCN(CC(=O)O)C(=O)c1cc(O)cc(O)c1. The summed E-state index contributed by atoms with van der Waals surface area (Å²) < 4.78 is 0. The molecule has 0 saturated heterocycles. The summed E-state index contributed by atoms with van der Waals surface area (Å²) in [6, 6.07) is 3.29. The third-order valence-corrected chi connectivity index (χ3v) is 2.04. The van der Waals surface area contributed by atoms with Crippen LogP contribution in [0.15, 0.2) is 18.2 Å². The van der Waals surface area contributed by atoms with Crippen LogP contribution in [0, 0.1) is 12.3 Å². The quantitative estimate of drug-likeness (QED) is 0.665. The van der Waals surface area contributed by atoms with Crippen LogP contribution in [-0.4, -0.2) is 45.2 Å². The molecule has 0 aliphatic rings. The van der Waals surface area contributed by atoms with Crippen molar-refractivity contribution in [1.82, 2.24) is 4.90 Å². The fraction of sp³-hybridized carbons (Fsp3) is 0.167. The Hall–Kier alpha value is -2.68. The minimum atomic E-state index is -1.21. The second-order valence-electron chi connectivity index (χ2n) is 3.50. The van der Waals surface area contributed by atoms with Crippen LogP contribution >= 0.6 is 0 Å². The molecule has 0 aliphatic heterocycles. The highest BCUT2D eigenvalue weighted by Gasteiger charge is 2.18. The Bertz CT molecular complexity index is 497. The number of carboxylic acids is 1. The third-order valence-electron chi connectivity index (χ3n) is 2.04. The van der Waals surface area contributed by atoms with Gasteiger partial charge < -0.3 is 20.2 Å². The van der Waals surface area contributed by atoms with Gasteiger partial charge in [-0.05, 0) is 12.1 Å². The molecular formula is C12H11NO5. The van der Waals surface area contributed by atoms with Gasteiger partial charge in [-0.3, -0.25) is 9.59 Å². The van der Waals surface area contributed by atoms with Gasteiger partial charge in [-0.15, -0.1) is 6.42 Å². The number of carbonyl (C=O) groups excluding carboxylic acids is 1. The van der Waals surface area contributed by atoms with Crippen LogP contribution in [0.25, 0.3) is 0 Å². The maximum absolute atomic E-state index is 11.9. The van der Waals surface area contributed by atoms with E-state index in [1.807, 2.05) is 0 Å². The second-order valence-corrected chi connectivity index (χ2v) is 3.50. The monoisotopic (exact) mass is 249 g/mol. The van der Waals surface area contributed by atoms with Crippen molar-refractivity contribution in [1.29, 1.82) is 0 Å². The number of aliphatic carboxylic acids is 1. The van der Waals surface area contributed by atoms with Crippen LogP contribution in [0.1, 0.15) is 10.4 Å². The lowest BCUT2D eigenvalue weighted by molar-refractivity contribution is -0.137. The summed E-state index contributed by atoms with van der Waals surface area (Å²) in [5, 5.41) is 27.2. The average Bonchev–Trinajstić information content (AvgIpc) is 2.25. The number of aromatic hydroxyl groups is 2. The Morgan fingerprint density at radius 1 is 1.22 bits per heavy atom. The Morgan fingerprint density at radius 3 is 2.22 bits per heavy atom. The highest BCUT2D eigenvalue weighted by Crippen LogP contribution is 2.21. The van der Waals surface area contributed by atoms with Crippen molar-refractivity contribution in [2.75, 3.05) is 13.1 Å². The van der Waals surface area contributed by atoms with Crippen LogP contribution in [-0.2, 0) is 4.79 Å². The van der Waals surface area contributed by atoms with E-state index in [4.69, 9.17) is 11.5 Å². The van der Waals surface area contributed by atoms with Gasteiger partial charge in [0.1, 0.15) is 18.0 Å². The van der Waals surface area contributed by atoms with Crippen molar-refractivity contribution in [3.8, 4) is 23.8 Å². The lowest BCUT2D eigenvalue weighted by Crippen LogP contribution is -2.35. The van der Waals surface area contributed by atoms with E-state index in [2.05, 4.69) is 5.92 Å². The van der Waals surface area contributed by atoms with E-state index in [1.165, 1.54) is 0 Å². The van der Waals surface area contributed by atoms with Gasteiger partial charge in [0.25, 0.3) is 5.91 Å². The molecule has 1 amide bonds. The summed E-state index contributed by atoms with van der Waals surface area (Å²) in [4.78, 5) is 23.4. The molecule has 0 radical (unpaired) electrons. The van der Waals surface area contributed by atoms with Crippen LogP contribution in [0.3, 0.4) is 0 Å². The first kappa shape index (κ1) is 13.4. The Kier molecular flexibility index (Phi) is 4.16. The molecule has 0 spiro atoms. The largest absolute Gasteiger partial charge is 0.508 e. The van der Waals surface area contributed by atoms with Gasteiger partial charge in [-0.1, -0.05) is 5.92 Å². The highest BCUT2D eigenvalue weighted by atomic mass is 16.4. The molecule has 18 heavy (non-hydrogen) atoms. The number of hydrogen-bond acceptors (Lipinski definition) is 4. The Labute approximate surface area is 103 Å². The fourth-order valence-corrected chi connectivity index (χ4v) is 1.37. The van der Waals surface area contributed by atoms with Crippen molar-refractivity contribution < 1.29 is 24.9 Å². The van der Waals surface area contributed by atoms with Crippen molar-refractivity contribution >= 4 is 11.9 Å². The smallest absolute Gasteiger partial charge is 0.323 e. The zero-order valence-electron chi connectivity index (χ0n) is 9.33. The van der Waals surface area contributed by atoms with Crippen LogP contribution in [0.5, 0.6) is 11.5 Å². The second kappa shape index (κ2) is 5.59. The number of amides is 1. The fourth-order valence-electron chi connectivity index (χ4n) is 1.37. The molecule has 0 heterocycles. The molecule has 0 aromatic heterocycles. The summed E-state index contributed by atoms with van der Waals surface area (Å²) in [5.74, 6) is -0.309. The topological polar surface area (TPSA) is 98.1 Å². The zero-order valence-corrected chi connectivity index (χ0v) is 9.33. The van der Waals surface area contributed by atoms with Crippen molar-refractivity contribution in [3.63, 3.8) is 0 Å². The van der Waals surface area contributed by atoms with Gasteiger partial charge in [0.15, 0.2) is 0 Å². The number of benzene rings is 1. The van der Waals surface area contributed by atoms with Crippen LogP contribution < -0.4 is 0 Å². The van der Waals surface area contributed by atoms with E-state index in [-0.39, 0.29) is 23.6 Å². The van der Waals surface area contributed by atoms with E-state index < -0.39 is 18.4 Å². The summed E-state index contributed by atoms with van der Waals surface area (Å²) >= 11 is 0. The number of carbonyl (C=O) groups is 2. The first-order valence-corrected chi connectivity index (χ1v) is 4.91. The van der Waals surface area contributed by atoms with Gasteiger partial charge in [0.2, 0.25) is 0 Å². The molecule has 0 unspecified atom stereocenters. The van der Waals surface area contributed by atoms with E-state index in [0.717, 1.165) is 23.1 Å². The molecule has 1 rings (SSSR count). The minimum absolute atomic E-state index is 0.0380. The molecule has 0 saturated carbocycles. The molecule has 0 aliphatic carbocycles. The van der Waals surface area contributed by atoms with Gasteiger partial charge in [0, 0.05) is 11.6 Å². The van der Waals surface area contributed by atoms with E-state index >= 15 is 0 Å². The summed E-state index contributed by atoms with van der Waals surface area (Å²) in [5.41, 5.74) is -0.0380. The average molecular weight is 249 g/mol. The number of hydrogen-bond donors (Lipinski definition) is 3. The first-order chi connectivity index (χ1) is 8.43. The van der Waals surface area contributed by atoms with E-state index in [9.17, 15) is 19.8 Å². The predicted octanol–water partition coefficient (Wildman–Crippen LogP) is 0.258. The minimum Gasteiger partial charge on any atom is -0.508 e. The summed E-state index contributed by atoms with van der Waals surface area (Å²) in [6.07, 6.45) is 5.05. The molecule has 1 aromatic rings. The summed E-state index contributed by atoms with van der Waals surface area (Å²) in [7, 11) is 0. The molecule has 3 N–H and O–H groups in total. The van der Waals surface area contributed by atoms with Crippen molar-refractivity contribution in [2.45, 2.75) is 0 Å². The lowest BCUT2D eigenvalue weighted by atomic mass is 10.1.